The van der Waals surface area contributed by atoms with E-state index in [1.807, 2.05) is 42.3 Å². The van der Waals surface area contributed by atoms with E-state index in [0.717, 1.165) is 31.7 Å². The molecule has 0 spiro atoms. The first-order chi connectivity index (χ1) is 8.81. The van der Waals surface area contributed by atoms with Gasteiger partial charge in [0.2, 0.25) is 0 Å². The predicted molar refractivity (Wildman–Crippen MR) is 70.6 cm³/mol. The molecule has 0 radical (unpaired) electrons. The highest BCUT2D eigenvalue weighted by molar-refractivity contribution is 5.78. The highest BCUT2D eigenvalue weighted by Gasteiger charge is 2.28. The van der Waals surface area contributed by atoms with Crippen molar-refractivity contribution in [2.75, 3.05) is 26.7 Å². The van der Waals surface area contributed by atoms with Gasteiger partial charge in [-0.05, 0) is 32.0 Å². The molecule has 0 aliphatic carbocycles. The van der Waals surface area contributed by atoms with Crippen molar-refractivity contribution in [3.63, 3.8) is 0 Å². The van der Waals surface area contributed by atoms with Gasteiger partial charge in [-0.1, -0.05) is 18.2 Å². The van der Waals surface area contributed by atoms with Crippen LogP contribution in [0.25, 0.3) is 0 Å². The first-order valence-electron chi connectivity index (χ1n) is 6.43. The van der Waals surface area contributed by atoms with Crippen LogP contribution < -0.4 is 10.1 Å². The molecule has 18 heavy (non-hydrogen) atoms. The fourth-order valence-corrected chi connectivity index (χ4v) is 2.36. The highest BCUT2D eigenvalue weighted by atomic mass is 16.5. The van der Waals surface area contributed by atoms with E-state index in [1.165, 1.54) is 0 Å². The summed E-state index contributed by atoms with van der Waals surface area (Å²) in [5.41, 5.74) is 0. The first-order valence-corrected chi connectivity index (χ1v) is 6.43. The maximum atomic E-state index is 12.1. The quantitative estimate of drug-likeness (QED) is 0.853. The van der Waals surface area contributed by atoms with E-state index in [0.29, 0.717) is 6.04 Å². The minimum atomic E-state index is 0.0802. The fourth-order valence-electron chi connectivity index (χ4n) is 2.36. The van der Waals surface area contributed by atoms with Crippen LogP contribution in [-0.4, -0.2) is 43.6 Å². The average Bonchev–Trinajstić information content (AvgIpc) is 2.86. The predicted octanol–water partition coefficient (Wildman–Crippen LogP) is 1.28. The molecule has 4 nitrogen and oxygen atoms in total. The number of carbonyl (C=O) groups excluding carboxylic acids is 1. The molecular weight excluding hydrogens is 228 g/mol. The van der Waals surface area contributed by atoms with E-state index < -0.39 is 0 Å². The average molecular weight is 248 g/mol. The minimum Gasteiger partial charge on any atom is -0.484 e. The molecule has 1 amide bonds. The van der Waals surface area contributed by atoms with Gasteiger partial charge in [0.25, 0.3) is 5.91 Å². The van der Waals surface area contributed by atoms with Gasteiger partial charge in [0.1, 0.15) is 5.75 Å². The topological polar surface area (TPSA) is 41.6 Å². The van der Waals surface area contributed by atoms with Crippen molar-refractivity contribution in [3.05, 3.63) is 30.3 Å². The van der Waals surface area contributed by atoms with E-state index in [-0.39, 0.29) is 12.5 Å². The lowest BCUT2D eigenvalue weighted by Gasteiger charge is -2.24. The molecule has 1 atom stereocenters. The Kier molecular flexibility index (Phi) is 4.59. The molecule has 1 aromatic rings. The van der Waals surface area contributed by atoms with Crippen molar-refractivity contribution in [1.29, 1.82) is 0 Å². The number of hydrogen-bond donors (Lipinski definition) is 1. The van der Waals surface area contributed by atoms with Crippen molar-refractivity contribution in [2.45, 2.75) is 18.9 Å². The Hall–Kier alpha value is -1.55. The molecule has 4 heteroatoms. The summed E-state index contributed by atoms with van der Waals surface area (Å²) in [5, 5.41) is 3.13. The Morgan fingerprint density at radius 2 is 2.22 bits per heavy atom. The summed E-state index contributed by atoms with van der Waals surface area (Å²) in [6, 6.07) is 9.78. The zero-order valence-corrected chi connectivity index (χ0v) is 10.8. The van der Waals surface area contributed by atoms with Gasteiger partial charge in [0, 0.05) is 19.1 Å². The molecule has 98 valence electrons. The normalized spacial score (nSPS) is 18.9. The number of likely N-dealkylation sites (tertiary alicyclic amines) is 1. The van der Waals surface area contributed by atoms with E-state index in [2.05, 4.69) is 5.32 Å². The van der Waals surface area contributed by atoms with Crippen LogP contribution >= 0.6 is 0 Å². The van der Waals surface area contributed by atoms with Crippen LogP contribution in [0.4, 0.5) is 0 Å². The number of amides is 1. The summed E-state index contributed by atoms with van der Waals surface area (Å²) in [5.74, 6) is 0.826. The Labute approximate surface area is 108 Å². The number of para-hydroxylation sites is 1. The van der Waals surface area contributed by atoms with E-state index in [9.17, 15) is 4.79 Å². The maximum Gasteiger partial charge on any atom is 0.260 e. The molecule has 1 N–H and O–H groups in total. The van der Waals surface area contributed by atoms with Gasteiger partial charge >= 0.3 is 0 Å². The Balaban J connectivity index is 1.84. The fraction of sp³-hybridized carbons (Fsp3) is 0.500. The van der Waals surface area contributed by atoms with Gasteiger partial charge < -0.3 is 15.0 Å². The molecule has 1 aliphatic heterocycles. The molecule has 0 saturated carbocycles. The third kappa shape index (κ3) is 3.23. The van der Waals surface area contributed by atoms with Crippen molar-refractivity contribution < 1.29 is 9.53 Å². The number of ether oxygens (including phenoxy) is 1. The summed E-state index contributed by atoms with van der Waals surface area (Å²) in [7, 11) is 1.92. The van der Waals surface area contributed by atoms with E-state index in [1.54, 1.807) is 0 Å². The molecule has 2 rings (SSSR count). The molecule has 0 aromatic heterocycles. The number of rotatable bonds is 5. The van der Waals surface area contributed by atoms with Crippen LogP contribution in [0.5, 0.6) is 5.75 Å². The lowest BCUT2D eigenvalue weighted by Crippen LogP contribution is -2.43. The van der Waals surface area contributed by atoms with Crippen molar-refractivity contribution in [3.8, 4) is 5.75 Å². The third-order valence-electron chi connectivity index (χ3n) is 3.24. The van der Waals surface area contributed by atoms with E-state index >= 15 is 0 Å². The summed E-state index contributed by atoms with van der Waals surface area (Å²) >= 11 is 0. The summed E-state index contributed by atoms with van der Waals surface area (Å²) < 4.78 is 5.50. The van der Waals surface area contributed by atoms with Gasteiger partial charge in [0.15, 0.2) is 6.61 Å². The molecular formula is C14H20N2O2. The number of nitrogens with zero attached hydrogens (tertiary/aromatic N) is 1. The first kappa shape index (κ1) is 12.9. The largest absolute Gasteiger partial charge is 0.484 e. The molecule has 1 heterocycles. The zero-order chi connectivity index (χ0) is 12.8. The number of carbonyl (C=O) groups is 1. The Morgan fingerprint density at radius 1 is 1.44 bits per heavy atom. The van der Waals surface area contributed by atoms with Gasteiger partial charge in [-0.25, -0.2) is 0 Å². The number of benzene rings is 1. The second kappa shape index (κ2) is 6.40. The van der Waals surface area contributed by atoms with Crippen LogP contribution in [-0.2, 0) is 4.79 Å². The summed E-state index contributed by atoms with van der Waals surface area (Å²) in [6.07, 6.45) is 2.17. The molecule has 1 fully saturated rings. The molecule has 1 saturated heterocycles. The maximum absolute atomic E-state index is 12.1. The molecule has 1 aromatic carbocycles. The van der Waals surface area contributed by atoms with Gasteiger partial charge in [-0.3, -0.25) is 4.79 Å². The van der Waals surface area contributed by atoms with Gasteiger partial charge in [-0.15, -0.1) is 0 Å². The zero-order valence-electron chi connectivity index (χ0n) is 10.8. The second-order valence-corrected chi connectivity index (χ2v) is 4.54. The van der Waals surface area contributed by atoms with Crippen molar-refractivity contribution in [2.24, 2.45) is 0 Å². The molecule has 0 unspecified atom stereocenters. The lowest BCUT2D eigenvalue weighted by molar-refractivity contribution is -0.134. The van der Waals surface area contributed by atoms with Crippen LogP contribution in [0.1, 0.15) is 12.8 Å². The summed E-state index contributed by atoms with van der Waals surface area (Å²) in [4.78, 5) is 14.0. The number of nitrogens with one attached hydrogen (secondary N) is 1. The second-order valence-electron chi connectivity index (χ2n) is 4.54. The van der Waals surface area contributed by atoms with Crippen LogP contribution in [0.15, 0.2) is 30.3 Å². The SMILES string of the molecule is CNC[C@H]1CCCN1C(=O)COc1ccccc1. The lowest BCUT2D eigenvalue weighted by atomic mass is 10.2. The molecule has 0 bridgehead atoms. The number of hydrogen-bond acceptors (Lipinski definition) is 3. The van der Waals surface area contributed by atoms with Gasteiger partial charge in [-0.2, -0.15) is 0 Å². The monoisotopic (exact) mass is 248 g/mol. The smallest absolute Gasteiger partial charge is 0.260 e. The van der Waals surface area contributed by atoms with Crippen molar-refractivity contribution in [1.82, 2.24) is 10.2 Å². The minimum absolute atomic E-state index is 0.0802. The van der Waals surface area contributed by atoms with Crippen LogP contribution in [0.3, 0.4) is 0 Å². The Morgan fingerprint density at radius 3 is 2.94 bits per heavy atom. The van der Waals surface area contributed by atoms with Gasteiger partial charge in [0.05, 0.1) is 0 Å². The number of likely N-dealkylation sites (N-methyl/N-ethyl adjacent to an activating group) is 1. The van der Waals surface area contributed by atoms with E-state index in [4.69, 9.17) is 4.74 Å². The van der Waals surface area contributed by atoms with Crippen molar-refractivity contribution >= 4 is 5.91 Å². The van der Waals surface area contributed by atoms with Crippen LogP contribution in [0.2, 0.25) is 0 Å². The standard InChI is InChI=1S/C14H20N2O2/c1-15-10-12-6-5-9-16(12)14(17)11-18-13-7-3-2-4-8-13/h2-4,7-8,12,15H,5-6,9-11H2,1H3/t12-/m1/s1. The Bertz CT molecular complexity index is 381. The molecule has 1 aliphatic rings. The van der Waals surface area contributed by atoms with Crippen LogP contribution in [0, 0.1) is 0 Å². The summed E-state index contributed by atoms with van der Waals surface area (Å²) in [6.45, 7) is 1.84. The highest BCUT2D eigenvalue weighted by Crippen LogP contribution is 2.17. The third-order valence-corrected chi connectivity index (χ3v) is 3.24.